The van der Waals surface area contributed by atoms with Crippen LogP contribution in [-0.2, 0) is 5.54 Å². The van der Waals surface area contributed by atoms with Gasteiger partial charge in [0.25, 0.3) is 0 Å². The largest absolute Gasteiger partial charge is 0.396 e. The fourth-order valence-electron chi connectivity index (χ4n) is 1.42. The van der Waals surface area contributed by atoms with Gasteiger partial charge in [-0.2, -0.15) is 0 Å². The maximum absolute atomic E-state index is 8.74. The molecule has 0 heterocycles. The Hall–Kier alpha value is -0.570. The van der Waals surface area contributed by atoms with Crippen molar-refractivity contribution in [3.8, 4) is 0 Å². The third-order valence-electron chi connectivity index (χ3n) is 2.36. The molecule has 1 aromatic carbocycles. The van der Waals surface area contributed by atoms with Crippen LogP contribution in [0.3, 0.4) is 0 Å². The van der Waals surface area contributed by atoms with E-state index >= 15 is 0 Å². The number of halogens is 1. The van der Waals surface area contributed by atoms with Crippen LogP contribution in [0.5, 0.6) is 0 Å². The van der Waals surface area contributed by atoms with Crippen molar-refractivity contribution < 1.29 is 5.11 Å². The lowest BCUT2D eigenvalue weighted by molar-refractivity contribution is 0.265. The molecule has 1 rings (SSSR count). The molecule has 1 unspecified atom stereocenters. The predicted octanol–water partition coefficient (Wildman–Crippen LogP) is 2.29. The van der Waals surface area contributed by atoms with E-state index in [0.717, 1.165) is 18.4 Å². The van der Waals surface area contributed by atoms with Gasteiger partial charge in [0.15, 0.2) is 0 Å². The Morgan fingerprint density at radius 1 is 1.36 bits per heavy atom. The Morgan fingerprint density at radius 3 is 2.43 bits per heavy atom. The molecule has 1 atom stereocenters. The maximum atomic E-state index is 8.74. The van der Waals surface area contributed by atoms with E-state index in [2.05, 4.69) is 0 Å². The number of rotatable bonds is 4. The fourth-order valence-corrected chi connectivity index (χ4v) is 1.55. The molecule has 0 aliphatic rings. The molecule has 0 saturated carbocycles. The summed E-state index contributed by atoms with van der Waals surface area (Å²) in [5.74, 6) is 0. The van der Waals surface area contributed by atoms with Crippen LogP contribution in [0, 0.1) is 0 Å². The van der Waals surface area contributed by atoms with Crippen molar-refractivity contribution in [2.24, 2.45) is 5.73 Å². The Balaban J connectivity index is 2.75. The smallest absolute Gasteiger partial charge is 0.0431 e. The number of benzene rings is 1. The molecule has 0 spiro atoms. The van der Waals surface area contributed by atoms with Gasteiger partial charge in [0.05, 0.1) is 0 Å². The molecule has 3 heteroatoms. The SMILES string of the molecule is CC(N)(CCCO)c1ccc(Cl)cc1. The quantitative estimate of drug-likeness (QED) is 0.806. The second-order valence-corrected chi connectivity index (χ2v) is 4.19. The standard InChI is InChI=1S/C11H16ClNO/c1-11(13,7-2-8-14)9-3-5-10(12)6-4-9/h3-6,14H,2,7-8,13H2,1H3. The van der Waals surface area contributed by atoms with Gasteiger partial charge < -0.3 is 10.8 Å². The van der Waals surface area contributed by atoms with Gasteiger partial charge >= 0.3 is 0 Å². The third kappa shape index (κ3) is 2.98. The molecule has 0 bridgehead atoms. The Morgan fingerprint density at radius 2 is 1.93 bits per heavy atom. The molecule has 0 radical (unpaired) electrons. The van der Waals surface area contributed by atoms with Crippen LogP contribution in [0.4, 0.5) is 0 Å². The van der Waals surface area contributed by atoms with E-state index in [9.17, 15) is 0 Å². The van der Waals surface area contributed by atoms with E-state index in [4.69, 9.17) is 22.4 Å². The van der Waals surface area contributed by atoms with Crippen molar-refractivity contribution in [3.63, 3.8) is 0 Å². The normalized spacial score (nSPS) is 15.1. The van der Waals surface area contributed by atoms with Crippen LogP contribution >= 0.6 is 11.6 Å². The maximum Gasteiger partial charge on any atom is 0.0431 e. The summed E-state index contributed by atoms with van der Waals surface area (Å²) >= 11 is 5.79. The zero-order valence-corrected chi connectivity index (χ0v) is 9.09. The zero-order chi connectivity index (χ0) is 10.6. The molecular formula is C11H16ClNO. The molecule has 0 amide bonds. The van der Waals surface area contributed by atoms with Crippen LogP contribution in [0.15, 0.2) is 24.3 Å². The monoisotopic (exact) mass is 213 g/mol. The van der Waals surface area contributed by atoms with Crippen LogP contribution in [0.25, 0.3) is 0 Å². The van der Waals surface area contributed by atoms with Gasteiger partial charge in [0.2, 0.25) is 0 Å². The highest BCUT2D eigenvalue weighted by Gasteiger charge is 2.19. The second-order valence-electron chi connectivity index (χ2n) is 3.75. The first-order chi connectivity index (χ1) is 6.56. The second kappa shape index (κ2) is 4.78. The molecule has 2 nitrogen and oxygen atoms in total. The lowest BCUT2D eigenvalue weighted by Crippen LogP contribution is -2.33. The van der Waals surface area contributed by atoms with Crippen molar-refractivity contribution in [1.82, 2.24) is 0 Å². The van der Waals surface area contributed by atoms with Crippen LogP contribution in [0.2, 0.25) is 5.02 Å². The van der Waals surface area contributed by atoms with Gasteiger partial charge in [0.1, 0.15) is 0 Å². The van der Waals surface area contributed by atoms with Gasteiger partial charge in [-0.15, -0.1) is 0 Å². The summed E-state index contributed by atoms with van der Waals surface area (Å²) in [7, 11) is 0. The highest BCUT2D eigenvalue weighted by molar-refractivity contribution is 6.30. The third-order valence-corrected chi connectivity index (χ3v) is 2.61. The van der Waals surface area contributed by atoms with E-state index in [1.165, 1.54) is 0 Å². The summed E-state index contributed by atoms with van der Waals surface area (Å²) in [5, 5.41) is 9.46. The van der Waals surface area contributed by atoms with E-state index in [0.29, 0.717) is 5.02 Å². The Bertz CT molecular complexity index is 282. The Kier molecular flexibility index (Phi) is 3.93. The van der Waals surface area contributed by atoms with Gasteiger partial charge in [-0.25, -0.2) is 0 Å². The average Bonchev–Trinajstić information content (AvgIpc) is 2.16. The van der Waals surface area contributed by atoms with Crippen molar-refractivity contribution in [2.75, 3.05) is 6.61 Å². The number of hydrogen-bond acceptors (Lipinski definition) is 2. The first-order valence-electron chi connectivity index (χ1n) is 4.72. The summed E-state index contributed by atoms with van der Waals surface area (Å²) in [4.78, 5) is 0. The van der Waals surface area contributed by atoms with E-state index in [1.54, 1.807) is 0 Å². The molecule has 0 fully saturated rings. The predicted molar refractivity (Wildman–Crippen MR) is 59.3 cm³/mol. The van der Waals surface area contributed by atoms with Gasteiger partial charge in [-0.1, -0.05) is 23.7 Å². The average molecular weight is 214 g/mol. The first-order valence-corrected chi connectivity index (χ1v) is 5.10. The van der Waals surface area contributed by atoms with Crippen molar-refractivity contribution >= 4 is 11.6 Å². The van der Waals surface area contributed by atoms with Gasteiger partial charge in [0, 0.05) is 17.2 Å². The number of hydrogen-bond donors (Lipinski definition) is 2. The number of nitrogens with two attached hydrogens (primary N) is 1. The summed E-state index contributed by atoms with van der Waals surface area (Å²) < 4.78 is 0. The van der Waals surface area contributed by atoms with Crippen molar-refractivity contribution in [3.05, 3.63) is 34.9 Å². The minimum absolute atomic E-state index is 0.181. The van der Waals surface area contributed by atoms with Crippen LogP contribution in [0.1, 0.15) is 25.3 Å². The fraction of sp³-hybridized carbons (Fsp3) is 0.455. The number of aliphatic hydroxyl groups is 1. The van der Waals surface area contributed by atoms with E-state index in [1.807, 2.05) is 31.2 Å². The minimum Gasteiger partial charge on any atom is -0.396 e. The zero-order valence-electron chi connectivity index (χ0n) is 8.33. The summed E-state index contributed by atoms with van der Waals surface area (Å²) in [5.41, 5.74) is 6.79. The van der Waals surface area contributed by atoms with Crippen molar-refractivity contribution in [1.29, 1.82) is 0 Å². The molecule has 14 heavy (non-hydrogen) atoms. The molecular weight excluding hydrogens is 198 g/mol. The molecule has 0 aliphatic carbocycles. The topological polar surface area (TPSA) is 46.2 Å². The van der Waals surface area contributed by atoms with Gasteiger partial charge in [-0.3, -0.25) is 0 Å². The summed E-state index contributed by atoms with van der Waals surface area (Å²) in [6.07, 6.45) is 1.49. The lowest BCUT2D eigenvalue weighted by Gasteiger charge is -2.24. The molecule has 0 aromatic heterocycles. The molecule has 1 aromatic rings. The van der Waals surface area contributed by atoms with Crippen LogP contribution in [-0.4, -0.2) is 11.7 Å². The lowest BCUT2D eigenvalue weighted by atomic mass is 9.89. The van der Waals surface area contributed by atoms with E-state index < -0.39 is 0 Å². The summed E-state index contributed by atoms with van der Waals surface area (Å²) in [6, 6.07) is 7.53. The molecule has 0 aliphatic heterocycles. The highest BCUT2D eigenvalue weighted by atomic mass is 35.5. The van der Waals surface area contributed by atoms with Crippen LogP contribution < -0.4 is 5.73 Å². The van der Waals surface area contributed by atoms with Crippen molar-refractivity contribution in [2.45, 2.75) is 25.3 Å². The van der Waals surface area contributed by atoms with Gasteiger partial charge in [-0.05, 0) is 37.5 Å². The molecule has 0 saturated heterocycles. The molecule has 3 N–H and O–H groups in total. The number of aliphatic hydroxyl groups excluding tert-OH is 1. The Labute approximate surface area is 89.7 Å². The molecule has 78 valence electrons. The van der Waals surface area contributed by atoms with E-state index in [-0.39, 0.29) is 12.1 Å². The minimum atomic E-state index is -0.382. The highest BCUT2D eigenvalue weighted by Crippen LogP contribution is 2.24. The summed E-state index contributed by atoms with van der Waals surface area (Å²) in [6.45, 7) is 2.15. The first kappa shape index (κ1) is 11.5.